The van der Waals surface area contributed by atoms with Gasteiger partial charge in [-0.2, -0.15) is 0 Å². The first-order valence-corrected chi connectivity index (χ1v) is 8.37. The van der Waals surface area contributed by atoms with Gasteiger partial charge >= 0.3 is 0 Å². The van der Waals surface area contributed by atoms with E-state index in [2.05, 4.69) is 6.58 Å². The van der Waals surface area contributed by atoms with E-state index in [4.69, 9.17) is 9.15 Å². The maximum atomic E-state index is 13.0. The lowest BCUT2D eigenvalue weighted by atomic mass is 9.93. The highest BCUT2D eigenvalue weighted by Gasteiger charge is 2.30. The first kappa shape index (κ1) is 16.3. The van der Waals surface area contributed by atoms with Crippen LogP contribution >= 0.6 is 0 Å². The van der Waals surface area contributed by atoms with Gasteiger partial charge in [-0.05, 0) is 38.0 Å². The zero-order valence-corrected chi connectivity index (χ0v) is 14.3. The summed E-state index contributed by atoms with van der Waals surface area (Å²) < 4.78 is 11.8. The van der Waals surface area contributed by atoms with E-state index in [0.29, 0.717) is 11.3 Å². The second-order valence-electron chi connectivity index (χ2n) is 6.67. The molecule has 0 bridgehead atoms. The number of aromatic hydroxyl groups is 2. The van der Waals surface area contributed by atoms with Gasteiger partial charge < -0.3 is 19.4 Å². The molecule has 2 heterocycles. The van der Waals surface area contributed by atoms with Gasteiger partial charge in [0.05, 0.1) is 5.39 Å². The van der Waals surface area contributed by atoms with Crippen molar-refractivity contribution < 1.29 is 19.4 Å². The third kappa shape index (κ3) is 2.36. The predicted molar refractivity (Wildman–Crippen MR) is 101 cm³/mol. The van der Waals surface area contributed by atoms with Crippen LogP contribution in [0.2, 0.25) is 0 Å². The molecule has 26 heavy (non-hydrogen) atoms. The van der Waals surface area contributed by atoms with Crippen molar-refractivity contribution in [1.29, 1.82) is 0 Å². The van der Waals surface area contributed by atoms with Crippen LogP contribution in [-0.2, 0) is 0 Å². The maximum Gasteiger partial charge on any atom is 0.205 e. The first-order valence-electron chi connectivity index (χ1n) is 8.37. The molecule has 0 radical (unpaired) electrons. The highest BCUT2D eigenvalue weighted by molar-refractivity contribution is 6.00. The zero-order chi connectivity index (χ0) is 18.5. The minimum Gasteiger partial charge on any atom is -0.507 e. The van der Waals surface area contributed by atoms with Crippen molar-refractivity contribution in [3.8, 4) is 17.2 Å². The second kappa shape index (κ2) is 5.66. The van der Waals surface area contributed by atoms with E-state index in [1.165, 1.54) is 12.1 Å². The molecule has 4 rings (SSSR count). The fraction of sp³-hybridized carbons (Fsp3) is 0.190. The van der Waals surface area contributed by atoms with E-state index < -0.39 is 11.0 Å². The molecular weight excluding hydrogens is 332 g/mol. The van der Waals surface area contributed by atoms with Crippen molar-refractivity contribution in [2.75, 3.05) is 0 Å². The standard InChI is InChI=1S/C21H18O5/c1-3-4-9-21(2)10-8-12-16(26-21)11-14(23)20-17(12)19(24)18-13(22)6-5-7-15(18)25-20/h3,5-8,10-11,22-23H,1,4,9H2,2H3/t21-/m1/s1. The Labute approximate surface area is 149 Å². The van der Waals surface area contributed by atoms with E-state index >= 15 is 0 Å². The van der Waals surface area contributed by atoms with Gasteiger partial charge in [-0.15, -0.1) is 6.58 Å². The minimum absolute atomic E-state index is 0.0785. The highest BCUT2D eigenvalue weighted by Crippen LogP contribution is 2.41. The third-order valence-corrected chi connectivity index (χ3v) is 4.72. The second-order valence-corrected chi connectivity index (χ2v) is 6.67. The quantitative estimate of drug-likeness (QED) is 0.537. The molecule has 5 nitrogen and oxygen atoms in total. The molecule has 1 aliphatic heterocycles. The minimum atomic E-state index is -0.555. The monoisotopic (exact) mass is 350 g/mol. The lowest BCUT2D eigenvalue weighted by Crippen LogP contribution is -2.31. The van der Waals surface area contributed by atoms with Crippen LogP contribution in [0.25, 0.3) is 28.0 Å². The molecule has 0 spiro atoms. The van der Waals surface area contributed by atoms with Gasteiger partial charge in [0.2, 0.25) is 5.43 Å². The predicted octanol–water partition coefficient (Wildman–Crippen LogP) is 4.49. The first-order chi connectivity index (χ1) is 12.4. The topological polar surface area (TPSA) is 79.9 Å². The van der Waals surface area contributed by atoms with Crippen molar-refractivity contribution >= 4 is 28.0 Å². The molecule has 0 saturated heterocycles. The molecule has 2 aromatic carbocycles. The molecule has 1 aromatic heterocycles. The number of allylic oxidation sites excluding steroid dienone is 1. The Morgan fingerprint density at radius 1 is 1.23 bits per heavy atom. The van der Waals surface area contributed by atoms with Crippen LogP contribution in [-0.4, -0.2) is 15.8 Å². The van der Waals surface area contributed by atoms with Crippen molar-refractivity contribution in [2.45, 2.75) is 25.4 Å². The maximum absolute atomic E-state index is 13.0. The van der Waals surface area contributed by atoms with Crippen LogP contribution in [0, 0.1) is 0 Å². The number of fused-ring (bicyclic) bond motifs is 4. The van der Waals surface area contributed by atoms with Crippen molar-refractivity contribution in [1.82, 2.24) is 0 Å². The number of phenols is 2. The number of rotatable bonds is 3. The van der Waals surface area contributed by atoms with E-state index in [0.717, 1.165) is 12.8 Å². The molecule has 3 aromatic rings. The molecule has 2 N–H and O–H groups in total. The Balaban J connectivity index is 2.02. The van der Waals surface area contributed by atoms with Gasteiger partial charge in [-0.3, -0.25) is 4.79 Å². The molecule has 0 fully saturated rings. The van der Waals surface area contributed by atoms with Crippen LogP contribution in [0.15, 0.2) is 52.2 Å². The third-order valence-electron chi connectivity index (χ3n) is 4.72. The SMILES string of the molecule is C=CCC[C@]1(C)C=Cc2c(cc(O)c3oc4cccc(O)c4c(=O)c23)O1. The number of hydrogen-bond donors (Lipinski definition) is 2. The summed E-state index contributed by atoms with van der Waals surface area (Å²) >= 11 is 0. The van der Waals surface area contributed by atoms with Crippen LogP contribution in [0.5, 0.6) is 17.2 Å². The summed E-state index contributed by atoms with van der Waals surface area (Å²) in [6.45, 7) is 5.66. The highest BCUT2D eigenvalue weighted by atomic mass is 16.5. The van der Waals surface area contributed by atoms with Gasteiger partial charge in [0.15, 0.2) is 11.3 Å². The van der Waals surface area contributed by atoms with Gasteiger partial charge in [0.1, 0.15) is 28.1 Å². The normalized spacial score (nSPS) is 18.7. The Kier molecular flexibility index (Phi) is 3.54. The average Bonchev–Trinajstić information content (AvgIpc) is 2.60. The van der Waals surface area contributed by atoms with E-state index in [1.54, 1.807) is 12.1 Å². The molecule has 5 heteroatoms. The average molecular weight is 350 g/mol. The summed E-state index contributed by atoms with van der Waals surface area (Å²) in [5.41, 5.74) is -0.133. The summed E-state index contributed by atoms with van der Waals surface area (Å²) in [4.78, 5) is 13.0. The Morgan fingerprint density at radius 3 is 2.81 bits per heavy atom. The molecule has 1 aliphatic rings. The van der Waals surface area contributed by atoms with Crippen LogP contribution in [0.1, 0.15) is 25.3 Å². The Morgan fingerprint density at radius 2 is 2.04 bits per heavy atom. The van der Waals surface area contributed by atoms with Crippen molar-refractivity contribution in [3.63, 3.8) is 0 Å². The Bertz CT molecular complexity index is 1140. The van der Waals surface area contributed by atoms with Gasteiger partial charge in [0, 0.05) is 11.6 Å². The molecule has 132 valence electrons. The molecule has 0 aliphatic carbocycles. The molecule has 0 saturated carbocycles. The van der Waals surface area contributed by atoms with Crippen LogP contribution in [0.4, 0.5) is 0 Å². The number of phenolic OH excluding ortho intramolecular Hbond substituents is 2. The van der Waals surface area contributed by atoms with Crippen LogP contribution in [0.3, 0.4) is 0 Å². The smallest absolute Gasteiger partial charge is 0.205 e. The number of benzene rings is 2. The summed E-state index contributed by atoms with van der Waals surface area (Å²) in [6.07, 6.45) is 7.02. The lowest BCUT2D eigenvalue weighted by Gasteiger charge is -2.31. The van der Waals surface area contributed by atoms with Gasteiger partial charge in [-0.1, -0.05) is 18.2 Å². The zero-order valence-electron chi connectivity index (χ0n) is 14.3. The molecule has 0 unspecified atom stereocenters. The van der Waals surface area contributed by atoms with Crippen LogP contribution < -0.4 is 10.2 Å². The number of ether oxygens (including phenoxy) is 1. The van der Waals surface area contributed by atoms with Crippen molar-refractivity contribution in [2.24, 2.45) is 0 Å². The summed E-state index contributed by atoms with van der Waals surface area (Å²) in [5, 5.41) is 20.8. The summed E-state index contributed by atoms with van der Waals surface area (Å²) in [6, 6.07) is 6.05. The fourth-order valence-corrected chi connectivity index (χ4v) is 3.36. The van der Waals surface area contributed by atoms with Gasteiger partial charge in [-0.25, -0.2) is 0 Å². The van der Waals surface area contributed by atoms with E-state index in [-0.39, 0.29) is 33.4 Å². The largest absolute Gasteiger partial charge is 0.507 e. The molecule has 1 atom stereocenters. The Hall–Kier alpha value is -3.21. The van der Waals surface area contributed by atoms with Gasteiger partial charge in [0.25, 0.3) is 0 Å². The van der Waals surface area contributed by atoms with E-state index in [1.807, 2.05) is 25.2 Å². The molecule has 0 amide bonds. The fourth-order valence-electron chi connectivity index (χ4n) is 3.36. The summed E-state index contributed by atoms with van der Waals surface area (Å²) in [5.74, 6) is 0.0698. The van der Waals surface area contributed by atoms with Crippen molar-refractivity contribution in [3.05, 3.63) is 58.8 Å². The van der Waals surface area contributed by atoms with E-state index in [9.17, 15) is 15.0 Å². The number of hydrogen-bond acceptors (Lipinski definition) is 5. The lowest BCUT2D eigenvalue weighted by molar-refractivity contribution is 0.128. The molecular formula is C21H18O5. The summed E-state index contributed by atoms with van der Waals surface area (Å²) in [7, 11) is 0.